The van der Waals surface area contributed by atoms with Crippen LogP contribution in [0.25, 0.3) is 6.08 Å². The zero-order chi connectivity index (χ0) is 23.7. The Morgan fingerprint density at radius 2 is 1.91 bits per heavy atom. The third kappa shape index (κ3) is 2.26. The summed E-state index contributed by atoms with van der Waals surface area (Å²) in [7, 11) is 0. The maximum atomic E-state index is 13.8. The molecule has 0 amide bonds. The first kappa shape index (κ1) is 20.5. The molecule has 3 fully saturated rings. The first-order chi connectivity index (χ1) is 16.1. The highest BCUT2D eigenvalue weighted by atomic mass is 19.4. The molecule has 2 aromatic rings. The van der Waals surface area contributed by atoms with Crippen molar-refractivity contribution in [2.45, 2.75) is 48.6 Å². The lowest BCUT2D eigenvalue weighted by Gasteiger charge is -2.58. The minimum Gasteiger partial charge on any atom is -0.504 e. The largest absolute Gasteiger partial charge is 0.504 e. The van der Waals surface area contributed by atoms with Gasteiger partial charge in [-0.1, -0.05) is 36.4 Å². The number of hydrogen-bond donors (Lipinski definition) is 2. The molecular formula is C26H22F3NO4. The molecule has 2 aromatic carbocycles. The van der Waals surface area contributed by atoms with E-state index < -0.39 is 41.3 Å². The van der Waals surface area contributed by atoms with Crippen molar-refractivity contribution < 1.29 is 32.9 Å². The van der Waals surface area contributed by atoms with Crippen LogP contribution in [0.1, 0.15) is 29.5 Å². The highest BCUT2D eigenvalue weighted by Gasteiger charge is 2.84. The lowest BCUT2D eigenvalue weighted by Crippen LogP contribution is -2.73. The number of benzene rings is 2. The topological polar surface area (TPSA) is 70.0 Å². The second-order valence-electron chi connectivity index (χ2n) is 10.6. The fourth-order valence-electron chi connectivity index (χ4n) is 8.03. The van der Waals surface area contributed by atoms with Gasteiger partial charge >= 0.3 is 6.18 Å². The number of phenolic OH excluding ortho intramolecular Hbond substituents is 1. The number of ketones is 1. The molecule has 2 saturated carbocycles. The van der Waals surface area contributed by atoms with Gasteiger partial charge in [0.1, 0.15) is 0 Å². The molecule has 2 N–H and O–H groups in total. The normalized spacial score (nSPS) is 38.4. The van der Waals surface area contributed by atoms with Crippen molar-refractivity contribution in [3.8, 4) is 11.5 Å². The third-order valence-corrected chi connectivity index (χ3v) is 8.75. The van der Waals surface area contributed by atoms with Gasteiger partial charge in [-0.25, -0.2) is 0 Å². The van der Waals surface area contributed by atoms with Crippen LogP contribution in [0.5, 0.6) is 11.5 Å². The van der Waals surface area contributed by atoms with Gasteiger partial charge in [0, 0.05) is 35.6 Å². The summed E-state index contributed by atoms with van der Waals surface area (Å²) in [5, 5.41) is 23.0. The number of hydrogen-bond acceptors (Lipinski definition) is 5. The number of aromatic hydroxyl groups is 1. The van der Waals surface area contributed by atoms with Gasteiger partial charge in [-0.15, -0.1) is 0 Å². The summed E-state index contributed by atoms with van der Waals surface area (Å²) >= 11 is 0. The predicted octanol–water partition coefficient (Wildman–Crippen LogP) is 3.37. The quantitative estimate of drug-likeness (QED) is 0.661. The molecule has 176 valence electrons. The molecular weight excluding hydrogens is 447 g/mol. The Bertz CT molecular complexity index is 1290. The summed E-state index contributed by atoms with van der Waals surface area (Å²) in [4.78, 5) is 15.1. The van der Waals surface area contributed by atoms with E-state index in [1.807, 2.05) is 30.3 Å². The lowest BCUT2D eigenvalue weighted by atomic mass is 9.56. The number of carbonyl (C=O) groups excluding carboxylic acids is 1. The third-order valence-electron chi connectivity index (χ3n) is 8.75. The fourth-order valence-corrected chi connectivity index (χ4v) is 8.03. The molecule has 2 aliphatic heterocycles. The van der Waals surface area contributed by atoms with Crippen LogP contribution in [0.3, 0.4) is 0 Å². The van der Waals surface area contributed by atoms with E-state index >= 15 is 0 Å². The molecule has 5 aliphatic rings. The molecule has 2 bridgehead atoms. The number of rotatable bonds is 2. The second kappa shape index (κ2) is 6.04. The Morgan fingerprint density at radius 1 is 1.15 bits per heavy atom. The van der Waals surface area contributed by atoms with E-state index in [-0.39, 0.29) is 30.2 Å². The van der Waals surface area contributed by atoms with Crippen LogP contribution in [-0.4, -0.2) is 57.9 Å². The highest BCUT2D eigenvalue weighted by molar-refractivity contribution is 6.06. The molecule has 0 radical (unpaired) electrons. The van der Waals surface area contributed by atoms with Crippen molar-refractivity contribution in [2.75, 3.05) is 13.1 Å². The van der Waals surface area contributed by atoms with Gasteiger partial charge in [-0.2, -0.15) is 13.2 Å². The highest BCUT2D eigenvalue weighted by Crippen LogP contribution is 2.75. The van der Waals surface area contributed by atoms with Crippen LogP contribution in [0.2, 0.25) is 0 Å². The number of fused-ring (bicyclic) bond motifs is 1. The van der Waals surface area contributed by atoms with E-state index in [0.29, 0.717) is 24.0 Å². The maximum Gasteiger partial charge on any atom is 0.401 e. The Kier molecular flexibility index (Phi) is 3.65. The van der Waals surface area contributed by atoms with E-state index in [4.69, 9.17) is 4.74 Å². The van der Waals surface area contributed by atoms with Crippen LogP contribution in [0.4, 0.5) is 13.2 Å². The second-order valence-corrected chi connectivity index (χ2v) is 10.6. The average Bonchev–Trinajstić information content (AvgIpc) is 3.18. The number of ether oxygens (including phenoxy) is 1. The first-order valence-electron chi connectivity index (χ1n) is 11.4. The number of phenols is 1. The molecule has 7 rings (SSSR count). The molecule has 2 heterocycles. The standard InChI is InChI=1S/C26H22F3NO4/c27-26(28,29)13-30-12-23-9-15-6-7-17(31)20-18(15)24(11-23)21(34-20)19(32)16(10-25(24,33)22(23)30)8-14-4-2-1-3-5-14/h1-8,21-22,31,33H,9-13H2/b16-8+/t21-,22+,23-,24-,25+/m0/s1. The van der Waals surface area contributed by atoms with Gasteiger partial charge in [0.25, 0.3) is 0 Å². The summed E-state index contributed by atoms with van der Waals surface area (Å²) in [5.74, 6) is -0.210. The molecule has 34 heavy (non-hydrogen) atoms. The van der Waals surface area contributed by atoms with Crippen LogP contribution < -0.4 is 4.74 Å². The number of nitrogens with zero attached hydrogens (tertiary/aromatic N) is 1. The van der Waals surface area contributed by atoms with Crippen molar-refractivity contribution in [1.29, 1.82) is 0 Å². The number of halogens is 3. The Labute approximate surface area is 193 Å². The lowest BCUT2D eigenvalue weighted by molar-refractivity contribution is -0.211. The summed E-state index contributed by atoms with van der Waals surface area (Å²) in [6.07, 6.45) is -2.99. The van der Waals surface area contributed by atoms with Gasteiger partial charge in [-0.05, 0) is 36.1 Å². The Hall–Kier alpha value is -2.84. The summed E-state index contributed by atoms with van der Waals surface area (Å²) < 4.78 is 46.5. The van der Waals surface area contributed by atoms with Crippen LogP contribution in [-0.2, 0) is 16.6 Å². The zero-order valence-corrected chi connectivity index (χ0v) is 18.1. The van der Waals surface area contributed by atoms with Crippen molar-refractivity contribution in [2.24, 2.45) is 5.41 Å². The van der Waals surface area contributed by atoms with Gasteiger partial charge in [-0.3, -0.25) is 9.69 Å². The van der Waals surface area contributed by atoms with E-state index in [2.05, 4.69) is 0 Å². The van der Waals surface area contributed by atoms with Crippen LogP contribution in [0, 0.1) is 5.41 Å². The Balaban J connectivity index is 1.44. The predicted molar refractivity (Wildman–Crippen MR) is 115 cm³/mol. The van der Waals surface area contributed by atoms with Crippen molar-refractivity contribution in [3.63, 3.8) is 0 Å². The van der Waals surface area contributed by atoms with E-state index in [1.165, 1.54) is 11.0 Å². The fraction of sp³-hybridized carbons (Fsp3) is 0.423. The number of likely N-dealkylation sites (tertiary alicyclic amines) is 1. The minimum atomic E-state index is -4.40. The van der Waals surface area contributed by atoms with Crippen LogP contribution >= 0.6 is 0 Å². The molecule has 1 saturated heterocycles. The molecule has 8 heteroatoms. The molecule has 0 aromatic heterocycles. The van der Waals surface area contributed by atoms with Gasteiger partial charge in [0.2, 0.25) is 0 Å². The Morgan fingerprint density at radius 3 is 2.65 bits per heavy atom. The summed E-state index contributed by atoms with van der Waals surface area (Å²) in [6, 6.07) is 11.7. The summed E-state index contributed by atoms with van der Waals surface area (Å²) in [5.41, 5.74) is -0.836. The molecule has 5 nitrogen and oxygen atoms in total. The van der Waals surface area contributed by atoms with Gasteiger partial charge in [0.05, 0.1) is 17.6 Å². The van der Waals surface area contributed by atoms with Gasteiger partial charge in [0.15, 0.2) is 23.4 Å². The number of Topliss-reactive ketones (excluding diaryl/α,β-unsaturated/α-hetero) is 1. The number of aliphatic hydroxyl groups is 1. The zero-order valence-electron chi connectivity index (χ0n) is 18.1. The van der Waals surface area contributed by atoms with E-state index in [0.717, 1.165) is 11.1 Å². The van der Waals surface area contributed by atoms with Gasteiger partial charge < -0.3 is 14.9 Å². The number of carbonyl (C=O) groups is 1. The van der Waals surface area contributed by atoms with E-state index in [9.17, 15) is 28.2 Å². The van der Waals surface area contributed by atoms with E-state index in [1.54, 1.807) is 12.1 Å². The smallest absolute Gasteiger partial charge is 0.401 e. The molecule has 2 spiro atoms. The average molecular weight is 469 g/mol. The SMILES string of the molecule is O=C1/C(=C/c2ccccc2)C[C@@]2(O)[C@@H]3N(CC(F)(F)F)C[C@@]34Cc3ccc(O)c5c3[C@@]2(C4)[C@H]1O5. The molecule has 3 aliphatic carbocycles. The summed E-state index contributed by atoms with van der Waals surface area (Å²) in [6.45, 7) is -0.904. The van der Waals surface area contributed by atoms with Crippen molar-refractivity contribution >= 4 is 11.9 Å². The van der Waals surface area contributed by atoms with Crippen LogP contribution in [0.15, 0.2) is 48.0 Å². The molecule has 5 atom stereocenters. The monoisotopic (exact) mass is 469 g/mol. The van der Waals surface area contributed by atoms with Crippen molar-refractivity contribution in [3.05, 3.63) is 64.7 Å². The maximum absolute atomic E-state index is 13.8. The number of alkyl halides is 3. The molecule has 0 unspecified atom stereocenters. The minimum absolute atomic E-state index is 0.0596. The first-order valence-corrected chi connectivity index (χ1v) is 11.4. The van der Waals surface area contributed by atoms with Crippen molar-refractivity contribution in [1.82, 2.24) is 4.90 Å².